The van der Waals surface area contributed by atoms with Gasteiger partial charge < -0.3 is 29.1 Å². The number of rotatable bonds is 7. The molecule has 3 aliphatic rings. The molecule has 2 unspecified atom stereocenters. The Morgan fingerprint density at radius 2 is 1.78 bits per heavy atom. The van der Waals surface area contributed by atoms with Crippen LogP contribution in [0.25, 0.3) is 0 Å². The number of aliphatic hydroxyl groups excluding tert-OH is 1. The fraction of sp³-hybridized carbons (Fsp3) is 0.714. The second-order valence-corrected chi connectivity index (χ2v) is 10.0. The van der Waals surface area contributed by atoms with Crippen LogP contribution in [-0.2, 0) is 28.6 Å². The van der Waals surface area contributed by atoms with Crippen LogP contribution in [0.2, 0.25) is 0 Å². The highest BCUT2D eigenvalue weighted by Gasteiger charge is 2.60. The second-order valence-electron chi connectivity index (χ2n) is 8.69. The Kier molecular flexibility index (Phi) is 7.09. The van der Waals surface area contributed by atoms with E-state index >= 15 is 0 Å². The minimum atomic E-state index is -1.23. The Labute approximate surface area is 191 Å². The lowest BCUT2D eigenvalue weighted by Crippen LogP contribution is -2.63. The highest BCUT2D eigenvalue weighted by molar-refractivity contribution is 8.03. The van der Waals surface area contributed by atoms with Crippen molar-refractivity contribution >= 4 is 35.7 Å². The predicted octanol–water partition coefficient (Wildman–Crippen LogP) is 1.47. The van der Waals surface area contributed by atoms with Crippen LogP contribution < -0.4 is 0 Å². The zero-order chi connectivity index (χ0) is 23.9. The number of fused-ring (bicyclic) bond motifs is 1. The molecule has 0 spiro atoms. The number of hydrogen-bond donors (Lipinski definition) is 1. The van der Waals surface area contributed by atoms with Crippen molar-refractivity contribution in [3.8, 4) is 0 Å². The van der Waals surface area contributed by atoms with Crippen molar-refractivity contribution in [3.05, 3.63) is 10.6 Å². The van der Waals surface area contributed by atoms with E-state index in [4.69, 9.17) is 14.2 Å². The van der Waals surface area contributed by atoms with Gasteiger partial charge in [-0.1, -0.05) is 6.92 Å². The molecule has 6 atom stereocenters. The molecule has 2 amide bonds. The molecule has 3 aliphatic heterocycles. The zero-order valence-electron chi connectivity index (χ0n) is 19.1. The lowest BCUT2D eigenvalue weighted by atomic mass is 9.79. The van der Waals surface area contributed by atoms with Crippen LogP contribution in [0.15, 0.2) is 10.6 Å². The maximum Gasteiger partial charge on any atom is 0.511 e. The molecule has 32 heavy (non-hydrogen) atoms. The number of likely N-dealkylation sites (tertiary alicyclic amines) is 1. The van der Waals surface area contributed by atoms with Gasteiger partial charge in [0.25, 0.3) is 0 Å². The van der Waals surface area contributed by atoms with Crippen LogP contribution in [0.3, 0.4) is 0 Å². The Morgan fingerprint density at radius 3 is 2.31 bits per heavy atom. The van der Waals surface area contributed by atoms with E-state index in [0.717, 1.165) is 0 Å². The van der Waals surface area contributed by atoms with Crippen LogP contribution in [0, 0.1) is 11.8 Å². The number of aliphatic hydroxyl groups is 1. The van der Waals surface area contributed by atoms with E-state index in [1.54, 1.807) is 32.7 Å². The Balaban J connectivity index is 1.81. The molecule has 178 valence electrons. The summed E-state index contributed by atoms with van der Waals surface area (Å²) in [6.07, 6.45) is -3.12. The van der Waals surface area contributed by atoms with Gasteiger partial charge in [-0.2, -0.15) is 0 Å². The molecule has 0 aromatic rings. The summed E-state index contributed by atoms with van der Waals surface area (Å²) in [5.74, 6) is -1.98. The molecule has 3 rings (SSSR count). The second kappa shape index (κ2) is 9.30. The van der Waals surface area contributed by atoms with Gasteiger partial charge in [-0.05, 0) is 20.8 Å². The summed E-state index contributed by atoms with van der Waals surface area (Å²) in [5.41, 5.74) is 0.0871. The van der Waals surface area contributed by atoms with Crippen molar-refractivity contribution in [2.75, 3.05) is 13.6 Å². The number of β-lactam (4-membered cyclic amide) rings is 1. The minimum absolute atomic E-state index is 0.0183. The van der Waals surface area contributed by atoms with E-state index < -0.39 is 36.5 Å². The maximum atomic E-state index is 13.1. The molecule has 11 heteroatoms. The summed E-state index contributed by atoms with van der Waals surface area (Å²) in [6, 6.07) is -0.371. The molecule has 0 aromatic carbocycles. The Bertz CT molecular complexity index is 842. The number of thioether (sulfide) groups is 1. The summed E-state index contributed by atoms with van der Waals surface area (Å²) >= 11 is 1.39. The van der Waals surface area contributed by atoms with Crippen molar-refractivity contribution in [2.45, 2.75) is 70.8 Å². The monoisotopic (exact) mass is 470 g/mol. The molecule has 0 aliphatic carbocycles. The number of carbonyl (C=O) groups is 4. The van der Waals surface area contributed by atoms with Crippen molar-refractivity contribution in [1.29, 1.82) is 0 Å². The van der Waals surface area contributed by atoms with Crippen molar-refractivity contribution in [3.63, 3.8) is 0 Å². The fourth-order valence-corrected chi connectivity index (χ4v) is 5.87. The molecule has 3 heterocycles. The largest absolute Gasteiger partial charge is 0.511 e. The molecule has 10 nitrogen and oxygen atoms in total. The van der Waals surface area contributed by atoms with Gasteiger partial charge in [0.05, 0.1) is 24.2 Å². The first-order valence-electron chi connectivity index (χ1n) is 10.7. The van der Waals surface area contributed by atoms with Gasteiger partial charge >= 0.3 is 12.1 Å². The van der Waals surface area contributed by atoms with Gasteiger partial charge in [-0.25, -0.2) is 9.59 Å². The van der Waals surface area contributed by atoms with Gasteiger partial charge in [-0.3, -0.25) is 9.59 Å². The number of ether oxygens (including phenoxy) is 3. The van der Waals surface area contributed by atoms with Gasteiger partial charge in [0, 0.05) is 43.0 Å². The standard InChI is InChI=1S/C21H30N2O8S/c1-9(2)29-21(28)31-12(5)30-20(27)17-18(32-13-7-14(25)22(6)8-13)10(3)16-15(11(4)24)19(26)23(16)17/h9-13,15-16,24H,7-8H2,1-6H3/t10-,11-,12?,13?,15-,16-/m1/s1. The number of esters is 1. The minimum Gasteiger partial charge on any atom is -0.431 e. The molecule has 0 bridgehead atoms. The molecule has 0 aromatic heterocycles. The van der Waals surface area contributed by atoms with Gasteiger partial charge in [0.1, 0.15) is 5.70 Å². The van der Waals surface area contributed by atoms with E-state index in [1.165, 1.54) is 23.6 Å². The van der Waals surface area contributed by atoms with E-state index in [1.807, 2.05) is 6.92 Å². The summed E-state index contributed by atoms with van der Waals surface area (Å²) in [4.78, 5) is 53.1. The van der Waals surface area contributed by atoms with E-state index in [2.05, 4.69) is 0 Å². The molecule has 2 fully saturated rings. The van der Waals surface area contributed by atoms with Crippen LogP contribution >= 0.6 is 11.8 Å². The maximum absolute atomic E-state index is 13.1. The predicted molar refractivity (Wildman–Crippen MR) is 114 cm³/mol. The molecule has 0 saturated carbocycles. The van der Waals surface area contributed by atoms with Gasteiger partial charge in [-0.15, -0.1) is 11.8 Å². The third kappa shape index (κ3) is 4.59. The lowest BCUT2D eigenvalue weighted by molar-refractivity contribution is -0.174. The quantitative estimate of drug-likeness (QED) is 0.335. The summed E-state index contributed by atoms with van der Waals surface area (Å²) in [5, 5.41) is 10.0. The average Bonchev–Trinajstić information content (AvgIpc) is 3.08. The first-order chi connectivity index (χ1) is 14.9. The SMILES string of the molecule is CC(C)OC(=O)OC(C)OC(=O)C1=C(SC2CC(=O)N(C)C2)[C@H](C)[C@@H]2[C@@H]([C@@H](C)O)C(=O)N12. The van der Waals surface area contributed by atoms with E-state index in [0.29, 0.717) is 17.9 Å². The molecule has 1 N–H and O–H groups in total. The topological polar surface area (TPSA) is 123 Å². The summed E-state index contributed by atoms with van der Waals surface area (Å²) < 4.78 is 15.1. The van der Waals surface area contributed by atoms with Crippen LogP contribution in [-0.4, -0.2) is 82.2 Å². The highest BCUT2D eigenvalue weighted by Crippen LogP contribution is 2.52. The Morgan fingerprint density at radius 1 is 1.12 bits per heavy atom. The van der Waals surface area contributed by atoms with Crippen LogP contribution in [0.1, 0.15) is 41.0 Å². The fourth-order valence-electron chi connectivity index (χ4n) is 4.34. The number of amides is 2. The molecule has 0 radical (unpaired) electrons. The Hall–Kier alpha value is -2.27. The van der Waals surface area contributed by atoms with E-state index in [9.17, 15) is 24.3 Å². The van der Waals surface area contributed by atoms with Crippen molar-refractivity contribution in [1.82, 2.24) is 9.80 Å². The summed E-state index contributed by atoms with van der Waals surface area (Å²) in [6.45, 7) is 8.67. The lowest BCUT2D eigenvalue weighted by Gasteiger charge is -2.46. The number of hydrogen-bond acceptors (Lipinski definition) is 9. The first-order valence-corrected chi connectivity index (χ1v) is 11.5. The highest BCUT2D eigenvalue weighted by atomic mass is 32.2. The average molecular weight is 471 g/mol. The number of nitrogens with zero attached hydrogens (tertiary/aromatic N) is 2. The van der Waals surface area contributed by atoms with Crippen molar-refractivity contribution < 1.29 is 38.5 Å². The van der Waals surface area contributed by atoms with Crippen molar-refractivity contribution in [2.24, 2.45) is 11.8 Å². The smallest absolute Gasteiger partial charge is 0.431 e. The molecular formula is C21H30N2O8S. The van der Waals surface area contributed by atoms with Crippen LogP contribution in [0.5, 0.6) is 0 Å². The van der Waals surface area contributed by atoms with Gasteiger partial charge in [0.15, 0.2) is 0 Å². The first kappa shape index (κ1) is 24.4. The molecular weight excluding hydrogens is 440 g/mol. The third-order valence-corrected chi connectivity index (χ3v) is 7.24. The molecule has 2 saturated heterocycles. The third-order valence-electron chi connectivity index (χ3n) is 5.77. The number of carbonyl (C=O) groups excluding carboxylic acids is 4. The normalized spacial score (nSPS) is 29.1. The van der Waals surface area contributed by atoms with Crippen LogP contribution in [0.4, 0.5) is 4.79 Å². The van der Waals surface area contributed by atoms with E-state index in [-0.39, 0.29) is 34.7 Å². The van der Waals surface area contributed by atoms with Gasteiger partial charge in [0.2, 0.25) is 18.1 Å². The summed E-state index contributed by atoms with van der Waals surface area (Å²) in [7, 11) is 1.72. The zero-order valence-corrected chi connectivity index (χ0v) is 19.9.